The molecule has 0 saturated heterocycles. The highest BCUT2D eigenvalue weighted by Crippen LogP contribution is 2.22. The van der Waals surface area contributed by atoms with Gasteiger partial charge in [-0.2, -0.15) is 0 Å². The fourth-order valence-corrected chi connectivity index (χ4v) is 2.25. The number of aryl methyl sites for hydroxylation is 1. The summed E-state index contributed by atoms with van der Waals surface area (Å²) in [5, 5.41) is 10.8. The molecule has 0 aliphatic heterocycles. The third kappa shape index (κ3) is 3.52. The van der Waals surface area contributed by atoms with Gasteiger partial charge in [0.2, 0.25) is 0 Å². The molecule has 0 aliphatic carbocycles. The first-order valence-electron chi connectivity index (χ1n) is 6.97. The van der Waals surface area contributed by atoms with Crippen LogP contribution < -0.4 is 9.64 Å². The molecule has 0 amide bonds. The lowest BCUT2D eigenvalue weighted by Crippen LogP contribution is -2.21. The fraction of sp³-hybridized carbons (Fsp3) is 0.312. The molecule has 116 valence electrons. The van der Waals surface area contributed by atoms with Gasteiger partial charge in [0.05, 0.1) is 12.0 Å². The number of nitro groups is 1. The van der Waals surface area contributed by atoms with E-state index < -0.39 is 4.92 Å². The van der Waals surface area contributed by atoms with Crippen LogP contribution in [-0.2, 0) is 6.42 Å². The van der Waals surface area contributed by atoms with Gasteiger partial charge in [-0.15, -0.1) is 0 Å². The number of anilines is 1. The Morgan fingerprint density at radius 1 is 1.36 bits per heavy atom. The molecule has 1 heterocycles. The molecule has 1 aromatic heterocycles. The summed E-state index contributed by atoms with van der Waals surface area (Å²) in [6.07, 6.45) is 2.11. The molecule has 2 aromatic rings. The van der Waals surface area contributed by atoms with E-state index in [1.165, 1.54) is 6.20 Å². The lowest BCUT2D eigenvalue weighted by atomic mass is 10.1. The van der Waals surface area contributed by atoms with Gasteiger partial charge in [-0.3, -0.25) is 10.1 Å². The number of pyridine rings is 1. The molecule has 1 aromatic carbocycles. The Balaban J connectivity index is 2.08. The van der Waals surface area contributed by atoms with E-state index in [4.69, 9.17) is 4.74 Å². The molecular weight excluding hydrogens is 282 g/mol. The van der Waals surface area contributed by atoms with Crippen molar-refractivity contribution in [2.75, 3.05) is 25.6 Å². The molecule has 0 atom stereocenters. The molecule has 0 aliphatic rings. The second-order valence-electron chi connectivity index (χ2n) is 5.07. The summed E-state index contributed by atoms with van der Waals surface area (Å²) < 4.78 is 5.34. The summed E-state index contributed by atoms with van der Waals surface area (Å²) >= 11 is 0. The molecule has 6 heteroatoms. The molecule has 0 radical (unpaired) electrons. The zero-order valence-corrected chi connectivity index (χ0v) is 12.9. The highest BCUT2D eigenvalue weighted by Gasteiger charge is 2.13. The molecular formula is C16H19N3O3. The van der Waals surface area contributed by atoms with Crippen LogP contribution in [0.3, 0.4) is 0 Å². The molecule has 22 heavy (non-hydrogen) atoms. The number of para-hydroxylation sites is 1. The topological polar surface area (TPSA) is 68.5 Å². The first-order valence-corrected chi connectivity index (χ1v) is 6.97. The number of aromatic nitrogens is 1. The van der Waals surface area contributed by atoms with Gasteiger partial charge < -0.3 is 9.64 Å². The van der Waals surface area contributed by atoms with Crippen LogP contribution in [0.1, 0.15) is 11.1 Å². The minimum Gasteiger partial charge on any atom is -0.496 e. The molecule has 0 spiro atoms. The molecule has 0 fully saturated rings. The van der Waals surface area contributed by atoms with Crippen LogP contribution in [0.25, 0.3) is 0 Å². The largest absolute Gasteiger partial charge is 0.496 e. The van der Waals surface area contributed by atoms with E-state index in [1.807, 2.05) is 36.2 Å². The van der Waals surface area contributed by atoms with Crippen LogP contribution >= 0.6 is 0 Å². The van der Waals surface area contributed by atoms with Gasteiger partial charge in [-0.05, 0) is 31.0 Å². The van der Waals surface area contributed by atoms with Crippen molar-refractivity contribution in [3.63, 3.8) is 0 Å². The number of nitrogens with zero attached hydrogens (tertiary/aromatic N) is 3. The van der Waals surface area contributed by atoms with Crippen LogP contribution in [0.4, 0.5) is 11.5 Å². The summed E-state index contributed by atoms with van der Waals surface area (Å²) in [5.41, 5.74) is 1.77. The SMILES string of the molecule is COc1ccccc1CCN(C)c1cc(C)c([N+](=O)[O-])cn1. The zero-order valence-electron chi connectivity index (χ0n) is 12.9. The number of ether oxygens (including phenoxy) is 1. The number of benzene rings is 1. The molecule has 6 nitrogen and oxygen atoms in total. The minimum absolute atomic E-state index is 0.0434. The first kappa shape index (κ1) is 15.8. The van der Waals surface area contributed by atoms with Crippen LogP contribution in [0.5, 0.6) is 5.75 Å². The van der Waals surface area contributed by atoms with Crippen molar-refractivity contribution in [3.05, 3.63) is 57.8 Å². The van der Waals surface area contributed by atoms with Crippen molar-refractivity contribution in [2.24, 2.45) is 0 Å². The van der Waals surface area contributed by atoms with E-state index in [0.717, 1.165) is 30.1 Å². The predicted octanol–water partition coefficient (Wildman–Crippen LogP) is 2.99. The van der Waals surface area contributed by atoms with E-state index in [1.54, 1.807) is 20.1 Å². The number of hydrogen-bond donors (Lipinski definition) is 0. The maximum atomic E-state index is 10.8. The molecule has 0 N–H and O–H groups in total. The van der Waals surface area contributed by atoms with Gasteiger partial charge in [0.1, 0.15) is 17.8 Å². The average molecular weight is 301 g/mol. The molecule has 2 rings (SSSR count). The highest BCUT2D eigenvalue weighted by molar-refractivity contribution is 5.48. The Kier molecular flexibility index (Phi) is 4.93. The molecule has 0 bridgehead atoms. The summed E-state index contributed by atoms with van der Waals surface area (Å²) in [6, 6.07) is 9.62. The van der Waals surface area contributed by atoms with Crippen molar-refractivity contribution in [3.8, 4) is 5.75 Å². The van der Waals surface area contributed by atoms with E-state index in [-0.39, 0.29) is 5.69 Å². The molecule has 0 saturated carbocycles. The minimum atomic E-state index is -0.416. The quantitative estimate of drug-likeness (QED) is 0.606. The number of methoxy groups -OCH3 is 1. The number of likely N-dealkylation sites (N-methyl/N-ethyl adjacent to an activating group) is 1. The van der Waals surface area contributed by atoms with Crippen LogP contribution in [0.2, 0.25) is 0 Å². The van der Waals surface area contributed by atoms with Gasteiger partial charge in [-0.1, -0.05) is 18.2 Å². The van der Waals surface area contributed by atoms with E-state index in [0.29, 0.717) is 5.56 Å². The Morgan fingerprint density at radius 3 is 2.73 bits per heavy atom. The highest BCUT2D eigenvalue weighted by atomic mass is 16.6. The van der Waals surface area contributed by atoms with Crippen molar-refractivity contribution in [2.45, 2.75) is 13.3 Å². The molecule has 0 unspecified atom stereocenters. The van der Waals surface area contributed by atoms with Crippen LogP contribution in [0, 0.1) is 17.0 Å². The van der Waals surface area contributed by atoms with E-state index >= 15 is 0 Å². The van der Waals surface area contributed by atoms with Crippen LogP contribution in [0.15, 0.2) is 36.5 Å². The fourth-order valence-electron chi connectivity index (χ4n) is 2.25. The third-order valence-corrected chi connectivity index (χ3v) is 3.57. The van der Waals surface area contributed by atoms with E-state index in [2.05, 4.69) is 4.98 Å². The number of rotatable bonds is 6. The second-order valence-corrected chi connectivity index (χ2v) is 5.07. The Labute approximate surface area is 129 Å². The van der Waals surface area contributed by atoms with Crippen molar-refractivity contribution in [1.82, 2.24) is 4.98 Å². The van der Waals surface area contributed by atoms with Crippen molar-refractivity contribution in [1.29, 1.82) is 0 Å². The maximum Gasteiger partial charge on any atom is 0.290 e. The van der Waals surface area contributed by atoms with Gasteiger partial charge in [0.15, 0.2) is 0 Å². The Bertz CT molecular complexity index is 673. The number of hydrogen-bond acceptors (Lipinski definition) is 5. The second kappa shape index (κ2) is 6.89. The van der Waals surface area contributed by atoms with Gasteiger partial charge in [0.25, 0.3) is 5.69 Å². The monoisotopic (exact) mass is 301 g/mol. The lowest BCUT2D eigenvalue weighted by molar-refractivity contribution is -0.385. The Hall–Kier alpha value is -2.63. The zero-order chi connectivity index (χ0) is 16.1. The average Bonchev–Trinajstić information content (AvgIpc) is 2.52. The van der Waals surface area contributed by atoms with Crippen molar-refractivity contribution >= 4 is 11.5 Å². The van der Waals surface area contributed by atoms with Crippen LogP contribution in [-0.4, -0.2) is 30.6 Å². The summed E-state index contributed by atoms with van der Waals surface area (Å²) in [5.74, 6) is 1.58. The lowest BCUT2D eigenvalue weighted by Gasteiger charge is -2.19. The summed E-state index contributed by atoms with van der Waals surface area (Å²) in [4.78, 5) is 16.6. The smallest absolute Gasteiger partial charge is 0.290 e. The van der Waals surface area contributed by atoms with Gasteiger partial charge >= 0.3 is 0 Å². The van der Waals surface area contributed by atoms with Gasteiger partial charge in [-0.25, -0.2) is 4.98 Å². The Morgan fingerprint density at radius 2 is 2.09 bits per heavy atom. The summed E-state index contributed by atoms with van der Waals surface area (Å²) in [6.45, 7) is 2.46. The van der Waals surface area contributed by atoms with Gasteiger partial charge in [0, 0.05) is 19.2 Å². The maximum absolute atomic E-state index is 10.8. The first-order chi connectivity index (χ1) is 10.5. The standard InChI is InChI=1S/C16H19N3O3/c1-12-10-16(17-11-14(12)19(20)21)18(2)9-8-13-6-4-5-7-15(13)22-3/h4-7,10-11H,8-9H2,1-3H3. The van der Waals surface area contributed by atoms with Crippen molar-refractivity contribution < 1.29 is 9.66 Å². The summed E-state index contributed by atoms with van der Waals surface area (Å²) in [7, 11) is 3.58. The third-order valence-electron chi connectivity index (χ3n) is 3.57. The van der Waals surface area contributed by atoms with E-state index in [9.17, 15) is 10.1 Å². The predicted molar refractivity (Wildman–Crippen MR) is 85.6 cm³/mol. The normalized spacial score (nSPS) is 10.3.